The summed E-state index contributed by atoms with van der Waals surface area (Å²) in [5, 5.41) is 3.73. The fraction of sp³-hybridized carbons (Fsp3) is 0.667. The van der Waals surface area contributed by atoms with Crippen LogP contribution in [0.3, 0.4) is 0 Å². The molecular formula is C18H29NO2. The van der Waals surface area contributed by atoms with Crippen LogP contribution in [0, 0.1) is 11.3 Å². The van der Waals surface area contributed by atoms with Crippen LogP contribution in [0.2, 0.25) is 0 Å². The molecule has 0 spiro atoms. The van der Waals surface area contributed by atoms with Crippen LogP contribution in [-0.2, 0) is 6.42 Å². The van der Waals surface area contributed by atoms with Crippen LogP contribution < -0.4 is 14.8 Å². The minimum absolute atomic E-state index is 0.487. The highest BCUT2D eigenvalue weighted by Gasteiger charge is 2.35. The van der Waals surface area contributed by atoms with Gasteiger partial charge in [-0.05, 0) is 54.8 Å². The van der Waals surface area contributed by atoms with Crippen molar-refractivity contribution in [1.29, 1.82) is 0 Å². The second-order valence-electron chi connectivity index (χ2n) is 7.05. The highest BCUT2D eigenvalue weighted by molar-refractivity contribution is 5.42. The highest BCUT2D eigenvalue weighted by atomic mass is 16.5. The summed E-state index contributed by atoms with van der Waals surface area (Å²) in [6.45, 7) is 8.13. The van der Waals surface area contributed by atoms with Gasteiger partial charge in [0.15, 0.2) is 11.5 Å². The number of hydrogen-bond acceptors (Lipinski definition) is 3. The smallest absolute Gasteiger partial charge is 0.160 e. The van der Waals surface area contributed by atoms with Crippen LogP contribution >= 0.6 is 0 Å². The molecule has 2 unspecified atom stereocenters. The SMILES string of the molecule is COc1ccc(CCNC2CC(C)(C)CC2C)cc1OC. The summed E-state index contributed by atoms with van der Waals surface area (Å²) in [4.78, 5) is 0. The van der Waals surface area contributed by atoms with Crippen molar-refractivity contribution in [2.75, 3.05) is 20.8 Å². The van der Waals surface area contributed by atoms with Crippen molar-refractivity contribution in [3.63, 3.8) is 0 Å². The van der Waals surface area contributed by atoms with Gasteiger partial charge in [-0.15, -0.1) is 0 Å². The summed E-state index contributed by atoms with van der Waals surface area (Å²) >= 11 is 0. The van der Waals surface area contributed by atoms with Gasteiger partial charge >= 0.3 is 0 Å². The van der Waals surface area contributed by atoms with E-state index in [0.717, 1.165) is 30.4 Å². The lowest BCUT2D eigenvalue weighted by molar-refractivity contribution is 0.354. The zero-order chi connectivity index (χ0) is 15.5. The van der Waals surface area contributed by atoms with Gasteiger partial charge in [0.05, 0.1) is 14.2 Å². The zero-order valence-electron chi connectivity index (χ0n) is 14.0. The first kappa shape index (κ1) is 16.2. The highest BCUT2D eigenvalue weighted by Crippen LogP contribution is 2.40. The molecule has 0 heterocycles. The van der Waals surface area contributed by atoms with E-state index in [-0.39, 0.29) is 0 Å². The number of nitrogens with one attached hydrogen (secondary N) is 1. The summed E-state index contributed by atoms with van der Waals surface area (Å²) in [7, 11) is 3.35. The van der Waals surface area contributed by atoms with E-state index in [2.05, 4.69) is 38.2 Å². The number of hydrogen-bond donors (Lipinski definition) is 1. The summed E-state index contributed by atoms with van der Waals surface area (Å²) in [5.74, 6) is 2.37. The van der Waals surface area contributed by atoms with Crippen LogP contribution in [0.1, 0.15) is 39.2 Å². The Morgan fingerprint density at radius 1 is 1.14 bits per heavy atom. The number of benzene rings is 1. The number of methoxy groups -OCH3 is 2. The van der Waals surface area contributed by atoms with E-state index in [9.17, 15) is 0 Å². The topological polar surface area (TPSA) is 30.5 Å². The Balaban J connectivity index is 1.86. The van der Waals surface area contributed by atoms with Crippen molar-refractivity contribution >= 4 is 0 Å². The van der Waals surface area contributed by atoms with Gasteiger partial charge < -0.3 is 14.8 Å². The quantitative estimate of drug-likeness (QED) is 0.867. The van der Waals surface area contributed by atoms with Gasteiger partial charge in [0.2, 0.25) is 0 Å². The number of rotatable bonds is 6. The molecule has 0 aliphatic heterocycles. The molecule has 3 heteroatoms. The standard InChI is InChI=1S/C18H29NO2/c1-13-11-18(2,3)12-15(13)19-9-8-14-6-7-16(20-4)17(10-14)21-5/h6-7,10,13,15,19H,8-9,11-12H2,1-5H3. The van der Waals surface area contributed by atoms with Crippen molar-refractivity contribution in [3.05, 3.63) is 23.8 Å². The predicted molar refractivity (Wildman–Crippen MR) is 87.2 cm³/mol. The molecule has 1 aliphatic carbocycles. The third-order valence-corrected chi connectivity index (χ3v) is 4.60. The molecule has 118 valence electrons. The molecule has 0 bridgehead atoms. The Kier molecular flexibility index (Phi) is 5.15. The molecule has 1 aromatic carbocycles. The monoisotopic (exact) mass is 291 g/mol. The van der Waals surface area contributed by atoms with Crippen molar-refractivity contribution in [1.82, 2.24) is 5.32 Å². The van der Waals surface area contributed by atoms with Gasteiger partial charge in [-0.2, -0.15) is 0 Å². The molecular weight excluding hydrogens is 262 g/mol. The molecule has 0 radical (unpaired) electrons. The molecule has 1 saturated carbocycles. The lowest BCUT2D eigenvalue weighted by atomic mass is 9.91. The second-order valence-corrected chi connectivity index (χ2v) is 7.05. The largest absolute Gasteiger partial charge is 0.493 e. The van der Waals surface area contributed by atoms with Crippen molar-refractivity contribution in [2.24, 2.45) is 11.3 Å². The predicted octanol–water partition coefficient (Wildman–Crippen LogP) is 3.66. The average molecular weight is 291 g/mol. The molecule has 2 rings (SSSR count). The van der Waals surface area contributed by atoms with E-state index in [1.54, 1.807) is 14.2 Å². The van der Waals surface area contributed by atoms with Gasteiger partial charge in [0.25, 0.3) is 0 Å². The Labute approximate surface area is 129 Å². The van der Waals surface area contributed by atoms with Gasteiger partial charge in [-0.1, -0.05) is 26.8 Å². The first-order valence-corrected chi connectivity index (χ1v) is 7.89. The van der Waals surface area contributed by atoms with Crippen LogP contribution in [0.25, 0.3) is 0 Å². The molecule has 0 amide bonds. The van der Waals surface area contributed by atoms with E-state index in [4.69, 9.17) is 9.47 Å². The Morgan fingerprint density at radius 3 is 2.43 bits per heavy atom. The summed E-state index contributed by atoms with van der Waals surface area (Å²) in [6, 6.07) is 6.82. The lowest BCUT2D eigenvalue weighted by Gasteiger charge is -2.18. The van der Waals surface area contributed by atoms with Crippen LogP contribution in [0.5, 0.6) is 11.5 Å². The van der Waals surface area contributed by atoms with Crippen LogP contribution in [0.4, 0.5) is 0 Å². The maximum absolute atomic E-state index is 5.36. The maximum Gasteiger partial charge on any atom is 0.160 e. The molecule has 0 aromatic heterocycles. The summed E-state index contributed by atoms with van der Waals surface area (Å²) in [6.07, 6.45) is 3.62. The zero-order valence-corrected chi connectivity index (χ0v) is 14.0. The van der Waals surface area contributed by atoms with Crippen LogP contribution in [-0.4, -0.2) is 26.8 Å². The normalized spacial score (nSPS) is 24.0. The first-order chi connectivity index (χ1) is 9.95. The fourth-order valence-corrected chi connectivity index (χ4v) is 3.61. The third-order valence-electron chi connectivity index (χ3n) is 4.60. The molecule has 2 atom stereocenters. The third kappa shape index (κ3) is 4.13. The van der Waals surface area contributed by atoms with Crippen LogP contribution in [0.15, 0.2) is 18.2 Å². The van der Waals surface area contributed by atoms with Crippen molar-refractivity contribution in [2.45, 2.75) is 46.1 Å². The van der Waals surface area contributed by atoms with E-state index in [1.807, 2.05) is 6.07 Å². The van der Waals surface area contributed by atoms with Crippen molar-refractivity contribution in [3.8, 4) is 11.5 Å². The summed E-state index contributed by atoms with van der Waals surface area (Å²) in [5.41, 5.74) is 1.77. The fourth-order valence-electron chi connectivity index (χ4n) is 3.61. The lowest BCUT2D eigenvalue weighted by Crippen LogP contribution is -2.33. The molecule has 1 aromatic rings. The Morgan fingerprint density at radius 2 is 1.86 bits per heavy atom. The van der Waals surface area contributed by atoms with Gasteiger partial charge in [-0.25, -0.2) is 0 Å². The van der Waals surface area contributed by atoms with Gasteiger partial charge in [0.1, 0.15) is 0 Å². The van der Waals surface area contributed by atoms with E-state index < -0.39 is 0 Å². The molecule has 1 aliphatic rings. The molecule has 1 fully saturated rings. The van der Waals surface area contributed by atoms with Gasteiger partial charge in [-0.3, -0.25) is 0 Å². The first-order valence-electron chi connectivity index (χ1n) is 7.89. The van der Waals surface area contributed by atoms with Crippen molar-refractivity contribution < 1.29 is 9.47 Å². The maximum atomic E-state index is 5.36. The number of ether oxygens (including phenoxy) is 2. The average Bonchev–Trinajstić information content (AvgIpc) is 2.71. The molecule has 0 saturated heterocycles. The second kappa shape index (κ2) is 6.69. The van der Waals surface area contributed by atoms with E-state index in [1.165, 1.54) is 18.4 Å². The molecule has 3 nitrogen and oxygen atoms in total. The minimum atomic E-state index is 0.487. The van der Waals surface area contributed by atoms with E-state index >= 15 is 0 Å². The summed E-state index contributed by atoms with van der Waals surface area (Å²) < 4.78 is 10.6. The minimum Gasteiger partial charge on any atom is -0.493 e. The Bertz CT molecular complexity index is 470. The molecule has 1 N–H and O–H groups in total. The Hall–Kier alpha value is -1.22. The van der Waals surface area contributed by atoms with Gasteiger partial charge in [0, 0.05) is 6.04 Å². The molecule has 21 heavy (non-hydrogen) atoms. The van der Waals surface area contributed by atoms with E-state index in [0.29, 0.717) is 11.5 Å².